The first-order valence-electron chi connectivity index (χ1n) is 6.44. The highest BCUT2D eigenvalue weighted by atomic mass is 32.2. The lowest BCUT2D eigenvalue weighted by atomic mass is 10.1. The Morgan fingerprint density at radius 3 is 2.32 bits per heavy atom. The molecule has 5 nitrogen and oxygen atoms in total. The third kappa shape index (κ3) is 6.56. The van der Waals surface area contributed by atoms with E-state index in [1.807, 2.05) is 31.2 Å². The molecule has 0 aliphatic carbocycles. The first kappa shape index (κ1) is 15.9. The van der Waals surface area contributed by atoms with Crippen LogP contribution >= 0.6 is 0 Å². The van der Waals surface area contributed by atoms with E-state index in [-0.39, 0.29) is 0 Å². The fraction of sp³-hybridized carbons (Fsp3) is 0.538. The molecule has 1 aromatic rings. The molecule has 2 N–H and O–H groups in total. The third-order valence-electron chi connectivity index (χ3n) is 2.64. The Labute approximate surface area is 115 Å². The van der Waals surface area contributed by atoms with Crippen molar-refractivity contribution >= 4 is 10.2 Å². The number of nitrogens with one attached hydrogen (secondary N) is 2. The summed E-state index contributed by atoms with van der Waals surface area (Å²) >= 11 is 0. The minimum atomic E-state index is -3.33. The van der Waals surface area contributed by atoms with E-state index in [2.05, 4.69) is 9.44 Å². The fourth-order valence-electron chi connectivity index (χ4n) is 1.58. The number of aryl methyl sites for hydroxylation is 1. The maximum Gasteiger partial charge on any atom is 0.276 e. The van der Waals surface area contributed by atoms with Crippen LogP contribution in [0.2, 0.25) is 0 Å². The van der Waals surface area contributed by atoms with Crippen LogP contribution in [-0.4, -0.2) is 28.6 Å². The Balaban J connectivity index is 2.26. The van der Waals surface area contributed by atoms with Gasteiger partial charge in [0.1, 0.15) is 5.75 Å². The first-order chi connectivity index (χ1) is 9.07. The van der Waals surface area contributed by atoms with Crippen molar-refractivity contribution in [1.82, 2.24) is 9.44 Å². The van der Waals surface area contributed by atoms with Crippen LogP contribution in [0.15, 0.2) is 24.3 Å². The minimum Gasteiger partial charge on any atom is -0.497 e. The molecule has 0 spiro atoms. The van der Waals surface area contributed by atoms with Gasteiger partial charge in [-0.15, -0.1) is 0 Å². The predicted octanol–water partition coefficient (Wildman–Crippen LogP) is 1.46. The van der Waals surface area contributed by atoms with Crippen molar-refractivity contribution in [2.24, 2.45) is 0 Å². The number of rotatable bonds is 9. The standard InChI is InChI=1S/C13H22N2O3S/c1-3-10-14-19(16,17)15-11-4-5-12-6-8-13(18-2)9-7-12/h6-9,14-15H,3-5,10-11H2,1-2H3. The molecule has 0 saturated carbocycles. The maximum absolute atomic E-state index is 11.4. The van der Waals surface area contributed by atoms with E-state index in [1.54, 1.807) is 7.11 Å². The lowest BCUT2D eigenvalue weighted by molar-refractivity contribution is 0.414. The number of benzene rings is 1. The Morgan fingerprint density at radius 1 is 1.11 bits per heavy atom. The van der Waals surface area contributed by atoms with Crippen LogP contribution in [0.1, 0.15) is 25.3 Å². The molecule has 0 atom stereocenters. The van der Waals surface area contributed by atoms with Gasteiger partial charge in [-0.1, -0.05) is 19.1 Å². The topological polar surface area (TPSA) is 67.4 Å². The number of hydrogen-bond acceptors (Lipinski definition) is 3. The van der Waals surface area contributed by atoms with E-state index in [4.69, 9.17) is 4.74 Å². The molecule has 0 aromatic heterocycles. The Kier molecular flexibility index (Phi) is 6.83. The monoisotopic (exact) mass is 286 g/mol. The highest BCUT2D eigenvalue weighted by Gasteiger charge is 2.06. The zero-order valence-corrected chi connectivity index (χ0v) is 12.3. The van der Waals surface area contributed by atoms with Gasteiger partial charge in [-0.05, 0) is 37.0 Å². The molecule has 1 rings (SSSR count). The Bertz CT molecular complexity index is 457. The highest BCUT2D eigenvalue weighted by Crippen LogP contribution is 2.12. The van der Waals surface area contributed by atoms with E-state index in [9.17, 15) is 8.42 Å². The first-order valence-corrected chi connectivity index (χ1v) is 7.93. The van der Waals surface area contributed by atoms with Crippen LogP contribution in [0, 0.1) is 0 Å². The molecule has 19 heavy (non-hydrogen) atoms. The van der Waals surface area contributed by atoms with Crippen LogP contribution in [-0.2, 0) is 16.6 Å². The van der Waals surface area contributed by atoms with Crippen LogP contribution in [0.25, 0.3) is 0 Å². The van der Waals surface area contributed by atoms with Crippen molar-refractivity contribution in [1.29, 1.82) is 0 Å². The lowest BCUT2D eigenvalue weighted by Crippen LogP contribution is -2.37. The van der Waals surface area contributed by atoms with Gasteiger partial charge in [-0.3, -0.25) is 0 Å². The molecule has 0 fully saturated rings. The Hall–Kier alpha value is -1.11. The summed E-state index contributed by atoms with van der Waals surface area (Å²) in [6, 6.07) is 7.79. The summed E-state index contributed by atoms with van der Waals surface area (Å²) in [6.45, 7) is 2.82. The van der Waals surface area contributed by atoms with Gasteiger partial charge < -0.3 is 4.74 Å². The van der Waals surface area contributed by atoms with Gasteiger partial charge in [0.25, 0.3) is 10.2 Å². The smallest absolute Gasteiger partial charge is 0.276 e. The lowest BCUT2D eigenvalue weighted by Gasteiger charge is -2.07. The number of methoxy groups -OCH3 is 1. The molecule has 0 aliphatic rings. The van der Waals surface area contributed by atoms with Gasteiger partial charge in [0.15, 0.2) is 0 Å². The summed E-state index contributed by atoms with van der Waals surface area (Å²) in [5.41, 5.74) is 1.17. The largest absolute Gasteiger partial charge is 0.497 e. The summed E-state index contributed by atoms with van der Waals surface area (Å²) in [5, 5.41) is 0. The van der Waals surface area contributed by atoms with Crippen LogP contribution in [0.3, 0.4) is 0 Å². The van der Waals surface area contributed by atoms with E-state index < -0.39 is 10.2 Å². The van der Waals surface area contributed by atoms with E-state index >= 15 is 0 Å². The molecule has 0 aliphatic heterocycles. The van der Waals surface area contributed by atoms with Crippen LogP contribution in [0.5, 0.6) is 5.75 Å². The summed E-state index contributed by atoms with van der Waals surface area (Å²) in [7, 11) is -1.70. The average Bonchev–Trinajstić information content (AvgIpc) is 2.42. The molecule has 0 amide bonds. The van der Waals surface area contributed by atoms with Crippen LogP contribution < -0.4 is 14.2 Å². The zero-order chi connectivity index (χ0) is 14.1. The van der Waals surface area contributed by atoms with Gasteiger partial charge in [0.2, 0.25) is 0 Å². The van der Waals surface area contributed by atoms with Gasteiger partial charge in [-0.25, -0.2) is 9.44 Å². The molecule has 108 valence electrons. The van der Waals surface area contributed by atoms with Crippen molar-refractivity contribution in [3.05, 3.63) is 29.8 Å². The number of hydrogen-bond donors (Lipinski definition) is 2. The molecule has 6 heteroatoms. The van der Waals surface area contributed by atoms with Crippen LogP contribution in [0.4, 0.5) is 0 Å². The Morgan fingerprint density at radius 2 is 1.74 bits per heavy atom. The summed E-state index contributed by atoms with van der Waals surface area (Å²) in [6.07, 6.45) is 2.38. The molecular formula is C13H22N2O3S. The molecule has 0 heterocycles. The third-order valence-corrected chi connectivity index (χ3v) is 3.80. The zero-order valence-electron chi connectivity index (χ0n) is 11.5. The predicted molar refractivity (Wildman–Crippen MR) is 76.5 cm³/mol. The van der Waals surface area contributed by atoms with Gasteiger partial charge in [-0.2, -0.15) is 8.42 Å². The van der Waals surface area contributed by atoms with Crippen molar-refractivity contribution in [3.63, 3.8) is 0 Å². The second kappa shape index (κ2) is 8.14. The van der Waals surface area contributed by atoms with E-state index in [0.717, 1.165) is 25.0 Å². The summed E-state index contributed by atoms with van der Waals surface area (Å²) in [4.78, 5) is 0. The second-order valence-corrected chi connectivity index (χ2v) is 5.83. The van der Waals surface area contributed by atoms with Gasteiger partial charge in [0.05, 0.1) is 7.11 Å². The van der Waals surface area contributed by atoms with Gasteiger partial charge in [0, 0.05) is 13.1 Å². The van der Waals surface area contributed by atoms with Crippen molar-refractivity contribution < 1.29 is 13.2 Å². The summed E-state index contributed by atoms with van der Waals surface area (Å²) < 4.78 is 33.0. The molecule has 0 saturated heterocycles. The maximum atomic E-state index is 11.4. The average molecular weight is 286 g/mol. The molecule has 0 bridgehead atoms. The molecule has 0 unspecified atom stereocenters. The molecule has 0 radical (unpaired) electrons. The molecule has 1 aromatic carbocycles. The van der Waals surface area contributed by atoms with E-state index in [0.29, 0.717) is 13.1 Å². The quantitative estimate of drug-likeness (QED) is 0.675. The normalized spacial score (nSPS) is 11.5. The molecular weight excluding hydrogens is 264 g/mol. The van der Waals surface area contributed by atoms with Crippen molar-refractivity contribution in [2.75, 3.05) is 20.2 Å². The second-order valence-electron chi connectivity index (χ2n) is 4.24. The van der Waals surface area contributed by atoms with Crippen molar-refractivity contribution in [2.45, 2.75) is 26.2 Å². The highest BCUT2D eigenvalue weighted by molar-refractivity contribution is 7.87. The van der Waals surface area contributed by atoms with Crippen molar-refractivity contribution in [3.8, 4) is 5.75 Å². The number of ether oxygens (including phenoxy) is 1. The minimum absolute atomic E-state index is 0.436. The summed E-state index contributed by atoms with van der Waals surface area (Å²) in [5.74, 6) is 0.827. The van der Waals surface area contributed by atoms with E-state index in [1.165, 1.54) is 5.56 Å². The van der Waals surface area contributed by atoms with Gasteiger partial charge >= 0.3 is 0 Å². The SMILES string of the molecule is CCCNS(=O)(=O)NCCCc1ccc(OC)cc1. The fourth-order valence-corrected chi connectivity index (χ4v) is 2.57.